The number of aromatic nitrogens is 1. The fraction of sp³-hybridized carbons (Fsp3) is 0.385. The summed E-state index contributed by atoms with van der Waals surface area (Å²) < 4.78 is 19.2. The van der Waals surface area contributed by atoms with Crippen LogP contribution in [-0.2, 0) is 0 Å². The number of benzene rings is 2. The highest BCUT2D eigenvalue weighted by Gasteiger charge is 2.16. The summed E-state index contributed by atoms with van der Waals surface area (Å²) in [5, 5.41) is 3.83. The number of fused-ring (bicyclic) bond motifs is 1. The lowest BCUT2D eigenvalue weighted by Gasteiger charge is -2.30. The Morgan fingerprint density at radius 2 is 1.91 bits per heavy atom. The Kier molecular flexibility index (Phi) is 7.00. The number of likely N-dealkylation sites (tertiary alicyclic amines) is 1. The number of carbonyl (C=O) groups is 1. The number of rotatable bonds is 7. The van der Waals surface area contributed by atoms with Crippen molar-refractivity contribution in [1.29, 1.82) is 0 Å². The normalized spacial score (nSPS) is 15.1. The molecule has 1 fully saturated rings. The van der Waals surface area contributed by atoms with E-state index in [1.54, 1.807) is 18.2 Å². The van der Waals surface area contributed by atoms with Crippen LogP contribution in [0.1, 0.15) is 37.0 Å². The van der Waals surface area contributed by atoms with Gasteiger partial charge < -0.3 is 15.0 Å². The minimum atomic E-state index is -0.287. The Hall–Kier alpha value is -2.99. The summed E-state index contributed by atoms with van der Waals surface area (Å²) in [6, 6.07) is 13.5. The standard InChI is InChI=1S/C26H30FN3O2/c1-3-32-25-17-24(19-4-7-21(27)8-5-19)29-23-9-6-20(16-22(23)25)26(31)28-12-15-30-13-10-18(2)11-14-30/h4-9,16-18H,3,10-15H2,1-2H3,(H,28,31). The largest absolute Gasteiger partial charge is 0.493 e. The SMILES string of the molecule is CCOc1cc(-c2ccc(F)cc2)nc2ccc(C(=O)NCCN3CCC(C)CC3)cc12. The van der Waals surface area contributed by atoms with Crippen LogP contribution in [0, 0.1) is 11.7 Å². The van der Waals surface area contributed by atoms with Crippen molar-refractivity contribution >= 4 is 16.8 Å². The lowest BCUT2D eigenvalue weighted by molar-refractivity contribution is 0.0944. The Labute approximate surface area is 188 Å². The van der Waals surface area contributed by atoms with Crippen LogP contribution in [0.25, 0.3) is 22.2 Å². The van der Waals surface area contributed by atoms with Crippen molar-refractivity contribution in [1.82, 2.24) is 15.2 Å². The minimum Gasteiger partial charge on any atom is -0.493 e. The van der Waals surface area contributed by atoms with Crippen LogP contribution in [0.3, 0.4) is 0 Å². The zero-order chi connectivity index (χ0) is 22.5. The van der Waals surface area contributed by atoms with Crippen molar-refractivity contribution < 1.29 is 13.9 Å². The number of amides is 1. The number of nitrogens with one attached hydrogen (secondary N) is 1. The van der Waals surface area contributed by atoms with E-state index in [1.165, 1.54) is 25.0 Å². The number of carbonyl (C=O) groups excluding carboxylic acids is 1. The monoisotopic (exact) mass is 435 g/mol. The number of piperidine rings is 1. The molecule has 2 aromatic carbocycles. The number of hydrogen-bond donors (Lipinski definition) is 1. The van der Waals surface area contributed by atoms with Crippen LogP contribution < -0.4 is 10.1 Å². The summed E-state index contributed by atoms with van der Waals surface area (Å²) in [6.07, 6.45) is 2.46. The molecule has 1 saturated heterocycles. The fourth-order valence-corrected chi connectivity index (χ4v) is 4.09. The first-order valence-electron chi connectivity index (χ1n) is 11.4. The maximum atomic E-state index is 13.3. The predicted octanol–water partition coefficient (Wildman–Crippen LogP) is 4.90. The molecule has 1 aromatic heterocycles. The van der Waals surface area contributed by atoms with Gasteiger partial charge in [0.05, 0.1) is 17.8 Å². The molecule has 32 heavy (non-hydrogen) atoms. The smallest absolute Gasteiger partial charge is 0.251 e. The van der Waals surface area contributed by atoms with E-state index in [2.05, 4.69) is 17.1 Å². The first-order valence-corrected chi connectivity index (χ1v) is 11.4. The molecule has 1 aliphatic heterocycles. The van der Waals surface area contributed by atoms with E-state index in [9.17, 15) is 9.18 Å². The highest BCUT2D eigenvalue weighted by molar-refractivity contribution is 5.99. The molecule has 1 N–H and O–H groups in total. The summed E-state index contributed by atoms with van der Waals surface area (Å²) >= 11 is 0. The van der Waals surface area contributed by atoms with Crippen LogP contribution >= 0.6 is 0 Å². The Morgan fingerprint density at radius 3 is 2.62 bits per heavy atom. The first-order chi connectivity index (χ1) is 15.5. The molecule has 1 amide bonds. The third-order valence-electron chi connectivity index (χ3n) is 6.06. The van der Waals surface area contributed by atoms with Crippen LogP contribution in [-0.4, -0.2) is 48.6 Å². The van der Waals surface area contributed by atoms with Crippen LogP contribution in [0.5, 0.6) is 5.75 Å². The molecule has 0 radical (unpaired) electrons. The molecule has 6 heteroatoms. The molecule has 5 nitrogen and oxygen atoms in total. The topological polar surface area (TPSA) is 54.5 Å². The number of pyridine rings is 1. The average molecular weight is 436 g/mol. The second-order valence-corrected chi connectivity index (χ2v) is 8.46. The van der Waals surface area contributed by atoms with E-state index in [0.29, 0.717) is 30.2 Å². The summed E-state index contributed by atoms with van der Waals surface area (Å²) in [4.78, 5) is 19.9. The molecule has 1 aliphatic rings. The highest BCUT2D eigenvalue weighted by atomic mass is 19.1. The number of ether oxygens (including phenoxy) is 1. The van der Waals surface area contributed by atoms with Crippen molar-refractivity contribution in [3.63, 3.8) is 0 Å². The van der Waals surface area contributed by atoms with Gasteiger partial charge in [0.15, 0.2) is 0 Å². The average Bonchev–Trinajstić information content (AvgIpc) is 2.80. The van der Waals surface area contributed by atoms with Crippen LogP contribution in [0.4, 0.5) is 4.39 Å². The zero-order valence-electron chi connectivity index (χ0n) is 18.7. The van der Waals surface area contributed by atoms with Gasteiger partial charge in [-0.25, -0.2) is 9.37 Å². The lowest BCUT2D eigenvalue weighted by Crippen LogP contribution is -2.39. The molecule has 0 aliphatic carbocycles. The molecular weight excluding hydrogens is 405 g/mol. The van der Waals surface area contributed by atoms with E-state index in [1.807, 2.05) is 25.1 Å². The van der Waals surface area contributed by atoms with Gasteiger partial charge in [-0.3, -0.25) is 4.79 Å². The molecule has 0 spiro atoms. The van der Waals surface area contributed by atoms with Gasteiger partial charge >= 0.3 is 0 Å². The van der Waals surface area contributed by atoms with E-state index in [-0.39, 0.29) is 11.7 Å². The molecule has 0 bridgehead atoms. The van der Waals surface area contributed by atoms with Gasteiger partial charge in [-0.2, -0.15) is 0 Å². The van der Waals surface area contributed by atoms with Gasteiger partial charge in [-0.15, -0.1) is 0 Å². The molecule has 0 unspecified atom stereocenters. The molecule has 168 valence electrons. The maximum Gasteiger partial charge on any atom is 0.251 e. The van der Waals surface area contributed by atoms with Crippen molar-refractivity contribution in [2.75, 3.05) is 32.8 Å². The Bertz CT molecular complexity index is 1080. The van der Waals surface area contributed by atoms with E-state index >= 15 is 0 Å². The maximum absolute atomic E-state index is 13.3. The fourth-order valence-electron chi connectivity index (χ4n) is 4.09. The first kappa shape index (κ1) is 22.2. The van der Waals surface area contributed by atoms with Gasteiger partial charge in [0.2, 0.25) is 0 Å². The zero-order valence-corrected chi connectivity index (χ0v) is 18.7. The van der Waals surface area contributed by atoms with Crippen molar-refractivity contribution in [3.05, 3.63) is 59.9 Å². The third kappa shape index (κ3) is 5.25. The van der Waals surface area contributed by atoms with Crippen molar-refractivity contribution in [3.8, 4) is 17.0 Å². The lowest BCUT2D eigenvalue weighted by atomic mass is 9.99. The molecule has 0 saturated carbocycles. The Balaban J connectivity index is 1.50. The van der Waals surface area contributed by atoms with Gasteiger partial charge in [0.1, 0.15) is 11.6 Å². The third-order valence-corrected chi connectivity index (χ3v) is 6.06. The van der Waals surface area contributed by atoms with Crippen LogP contribution in [0.2, 0.25) is 0 Å². The predicted molar refractivity (Wildman–Crippen MR) is 125 cm³/mol. The molecule has 4 rings (SSSR count). The number of nitrogens with zero attached hydrogens (tertiary/aromatic N) is 2. The number of hydrogen-bond acceptors (Lipinski definition) is 4. The molecule has 3 aromatic rings. The summed E-state index contributed by atoms with van der Waals surface area (Å²) in [7, 11) is 0. The van der Waals surface area contributed by atoms with Crippen molar-refractivity contribution in [2.24, 2.45) is 5.92 Å². The van der Waals surface area contributed by atoms with Gasteiger partial charge in [-0.05, 0) is 81.2 Å². The van der Waals surface area contributed by atoms with E-state index < -0.39 is 0 Å². The van der Waals surface area contributed by atoms with Gasteiger partial charge in [-0.1, -0.05) is 6.92 Å². The van der Waals surface area contributed by atoms with Gasteiger partial charge in [0.25, 0.3) is 5.91 Å². The molecule has 0 atom stereocenters. The van der Waals surface area contributed by atoms with E-state index in [0.717, 1.165) is 42.0 Å². The van der Waals surface area contributed by atoms with Crippen LogP contribution in [0.15, 0.2) is 48.5 Å². The summed E-state index contributed by atoms with van der Waals surface area (Å²) in [5.74, 6) is 1.08. The second kappa shape index (κ2) is 10.1. The number of halogens is 1. The van der Waals surface area contributed by atoms with E-state index in [4.69, 9.17) is 9.72 Å². The van der Waals surface area contributed by atoms with Gasteiger partial charge in [0, 0.05) is 35.7 Å². The second-order valence-electron chi connectivity index (χ2n) is 8.46. The summed E-state index contributed by atoms with van der Waals surface area (Å²) in [6.45, 7) is 8.42. The highest BCUT2D eigenvalue weighted by Crippen LogP contribution is 2.31. The summed E-state index contributed by atoms with van der Waals surface area (Å²) in [5.41, 5.74) is 2.83. The Morgan fingerprint density at radius 1 is 1.16 bits per heavy atom. The molecule has 2 heterocycles. The van der Waals surface area contributed by atoms with Crippen molar-refractivity contribution in [2.45, 2.75) is 26.7 Å². The quantitative estimate of drug-likeness (QED) is 0.573. The minimum absolute atomic E-state index is 0.0951. The molecular formula is C26H30FN3O2.